The zero-order valence-corrected chi connectivity index (χ0v) is 20.0. The maximum atomic E-state index is 12.6. The highest BCUT2D eigenvalue weighted by Crippen LogP contribution is 2.27. The number of hydrogen-bond acceptors (Lipinski definition) is 10. The van der Waals surface area contributed by atoms with Crippen LogP contribution in [0.4, 0.5) is 17.5 Å². The van der Waals surface area contributed by atoms with Crippen LogP contribution in [0.15, 0.2) is 26.3 Å². The quantitative estimate of drug-likeness (QED) is 0.282. The average Bonchev–Trinajstić information content (AvgIpc) is 3.17. The standard InChI is InChI=1S/C16H24BrN5O4S3/c1-10(7-23)19-15-13(17)6-18-16(21-15)20-12-5-14(28-9-12)29(25,26)22-11(8-24)3-4-27-2/h5-6,9-11,22-24H,3-4,7-8H2,1-2H3,(H2,18,19,20,21)/t10-,11?/m1/s1. The summed E-state index contributed by atoms with van der Waals surface area (Å²) in [5.74, 6) is 1.54. The normalized spacial score (nSPS) is 13.8. The second-order valence-electron chi connectivity index (χ2n) is 6.18. The van der Waals surface area contributed by atoms with Crippen LogP contribution in [-0.4, -0.2) is 65.9 Å². The number of hydrogen-bond donors (Lipinski definition) is 5. The highest BCUT2D eigenvalue weighted by atomic mass is 79.9. The van der Waals surface area contributed by atoms with Crippen LogP contribution in [0.2, 0.25) is 0 Å². The molecule has 5 N–H and O–H groups in total. The summed E-state index contributed by atoms with van der Waals surface area (Å²) >= 11 is 6.00. The smallest absolute Gasteiger partial charge is 0.250 e. The number of thiophene rings is 1. The largest absolute Gasteiger partial charge is 0.395 e. The Morgan fingerprint density at radius 2 is 2.10 bits per heavy atom. The summed E-state index contributed by atoms with van der Waals surface area (Å²) in [6.07, 6.45) is 4.03. The first-order chi connectivity index (χ1) is 13.8. The van der Waals surface area contributed by atoms with Gasteiger partial charge in [-0.2, -0.15) is 16.7 Å². The summed E-state index contributed by atoms with van der Waals surface area (Å²) in [6.45, 7) is 1.50. The van der Waals surface area contributed by atoms with E-state index in [1.54, 1.807) is 23.3 Å². The fourth-order valence-electron chi connectivity index (χ4n) is 2.18. The molecule has 0 radical (unpaired) electrons. The highest BCUT2D eigenvalue weighted by Gasteiger charge is 2.21. The van der Waals surface area contributed by atoms with Gasteiger partial charge in [0.1, 0.15) is 10.0 Å². The Bertz CT molecular complexity index is 896. The van der Waals surface area contributed by atoms with Crippen LogP contribution in [-0.2, 0) is 10.0 Å². The van der Waals surface area contributed by atoms with Crippen molar-refractivity contribution >= 4 is 66.5 Å². The van der Waals surface area contributed by atoms with Crippen molar-refractivity contribution in [3.05, 3.63) is 22.1 Å². The zero-order chi connectivity index (χ0) is 21.4. The van der Waals surface area contributed by atoms with Gasteiger partial charge in [0.15, 0.2) is 0 Å². The van der Waals surface area contributed by atoms with E-state index in [0.717, 1.165) is 17.1 Å². The molecular weight excluding hydrogens is 502 g/mol. The number of anilines is 3. The SMILES string of the molecule is CSCCC(CO)NS(=O)(=O)c1cc(Nc2ncc(Br)c(N[C@H](C)CO)n2)cs1. The third-order valence-electron chi connectivity index (χ3n) is 3.71. The lowest BCUT2D eigenvalue weighted by Gasteiger charge is -2.15. The van der Waals surface area contributed by atoms with Gasteiger partial charge in [0.25, 0.3) is 0 Å². The number of nitrogens with one attached hydrogen (secondary N) is 3. The van der Waals surface area contributed by atoms with Gasteiger partial charge in [-0.05, 0) is 47.3 Å². The van der Waals surface area contributed by atoms with Crippen molar-refractivity contribution in [3.8, 4) is 0 Å². The molecule has 29 heavy (non-hydrogen) atoms. The molecule has 13 heteroatoms. The molecule has 0 aromatic carbocycles. The molecule has 0 fully saturated rings. The van der Waals surface area contributed by atoms with Gasteiger partial charge in [0.2, 0.25) is 16.0 Å². The molecule has 1 unspecified atom stereocenters. The van der Waals surface area contributed by atoms with Crippen molar-refractivity contribution in [2.75, 3.05) is 35.9 Å². The maximum Gasteiger partial charge on any atom is 0.250 e. The number of aromatic nitrogens is 2. The van der Waals surface area contributed by atoms with Gasteiger partial charge in [-0.15, -0.1) is 11.3 Å². The van der Waals surface area contributed by atoms with Crippen LogP contribution in [0.3, 0.4) is 0 Å². The van der Waals surface area contributed by atoms with Gasteiger partial charge in [0.05, 0.1) is 23.4 Å². The third-order valence-corrected chi connectivity index (χ3v) is 7.89. The first-order valence-corrected chi connectivity index (χ1v) is 13.2. The molecule has 0 spiro atoms. The predicted octanol–water partition coefficient (Wildman–Crippen LogP) is 2.23. The van der Waals surface area contributed by atoms with E-state index in [1.807, 2.05) is 13.2 Å². The monoisotopic (exact) mass is 525 g/mol. The van der Waals surface area contributed by atoms with Gasteiger partial charge < -0.3 is 20.8 Å². The number of aliphatic hydroxyl groups is 2. The minimum atomic E-state index is -3.74. The molecule has 162 valence electrons. The molecule has 0 bridgehead atoms. The number of thioether (sulfide) groups is 1. The highest BCUT2D eigenvalue weighted by molar-refractivity contribution is 9.10. The molecular formula is C16H24BrN5O4S3. The lowest BCUT2D eigenvalue weighted by molar-refractivity contribution is 0.254. The van der Waals surface area contributed by atoms with E-state index < -0.39 is 16.1 Å². The molecule has 2 rings (SSSR count). The minimum Gasteiger partial charge on any atom is -0.395 e. The van der Waals surface area contributed by atoms with Crippen molar-refractivity contribution in [1.29, 1.82) is 0 Å². The first-order valence-electron chi connectivity index (χ1n) is 8.66. The van der Waals surface area contributed by atoms with Crippen LogP contribution in [0.25, 0.3) is 0 Å². The Balaban J connectivity index is 2.11. The van der Waals surface area contributed by atoms with Gasteiger partial charge in [-0.3, -0.25) is 0 Å². The molecule has 2 atom stereocenters. The van der Waals surface area contributed by atoms with Crippen molar-refractivity contribution in [2.24, 2.45) is 0 Å². The summed E-state index contributed by atoms with van der Waals surface area (Å²) in [5, 5.41) is 26.3. The number of rotatable bonds is 12. The fraction of sp³-hybridized carbons (Fsp3) is 0.500. The van der Waals surface area contributed by atoms with E-state index in [2.05, 4.69) is 41.3 Å². The second kappa shape index (κ2) is 11.4. The van der Waals surface area contributed by atoms with E-state index in [4.69, 9.17) is 0 Å². The first kappa shape index (κ1) is 24.3. The Morgan fingerprint density at radius 3 is 2.76 bits per heavy atom. The molecule has 0 aliphatic rings. The van der Waals surface area contributed by atoms with Crippen molar-refractivity contribution < 1.29 is 18.6 Å². The number of sulfonamides is 1. The van der Waals surface area contributed by atoms with Gasteiger partial charge >= 0.3 is 0 Å². The van der Waals surface area contributed by atoms with Gasteiger partial charge in [-0.25, -0.2) is 18.1 Å². The summed E-state index contributed by atoms with van der Waals surface area (Å²) in [7, 11) is -3.74. The molecule has 0 aliphatic carbocycles. The molecule has 0 saturated heterocycles. The number of aliphatic hydroxyl groups excluding tert-OH is 2. The number of nitrogens with zero attached hydrogens (tertiary/aromatic N) is 2. The third kappa shape index (κ3) is 7.35. The summed E-state index contributed by atoms with van der Waals surface area (Å²) in [4.78, 5) is 8.50. The van der Waals surface area contributed by atoms with E-state index >= 15 is 0 Å². The van der Waals surface area contributed by atoms with Crippen LogP contribution < -0.4 is 15.4 Å². The lowest BCUT2D eigenvalue weighted by atomic mass is 10.3. The van der Waals surface area contributed by atoms with E-state index in [0.29, 0.717) is 22.4 Å². The van der Waals surface area contributed by atoms with Crippen LogP contribution in [0.1, 0.15) is 13.3 Å². The van der Waals surface area contributed by atoms with Crippen molar-refractivity contribution in [1.82, 2.24) is 14.7 Å². The maximum absolute atomic E-state index is 12.6. The molecule has 0 amide bonds. The minimum absolute atomic E-state index is 0.0519. The molecule has 9 nitrogen and oxygen atoms in total. The molecule has 2 heterocycles. The molecule has 0 saturated carbocycles. The Kier molecular flexibility index (Phi) is 9.59. The average molecular weight is 527 g/mol. The number of halogens is 1. The fourth-order valence-corrected chi connectivity index (χ4v) is 5.40. The summed E-state index contributed by atoms with van der Waals surface area (Å²) < 4.78 is 28.4. The summed E-state index contributed by atoms with van der Waals surface area (Å²) in [6, 6.07) is 0.775. The van der Waals surface area contributed by atoms with E-state index in [1.165, 1.54) is 6.07 Å². The van der Waals surface area contributed by atoms with Gasteiger partial charge in [-0.1, -0.05) is 0 Å². The molecule has 2 aromatic rings. The Labute approximate surface area is 186 Å². The zero-order valence-electron chi connectivity index (χ0n) is 15.9. The van der Waals surface area contributed by atoms with Crippen molar-refractivity contribution in [2.45, 2.75) is 29.6 Å². The van der Waals surface area contributed by atoms with Crippen LogP contribution >= 0.6 is 39.0 Å². The van der Waals surface area contributed by atoms with E-state index in [9.17, 15) is 18.6 Å². The topological polar surface area (TPSA) is 136 Å². The Morgan fingerprint density at radius 1 is 1.34 bits per heavy atom. The molecule has 0 aliphatic heterocycles. The summed E-state index contributed by atoms with van der Waals surface area (Å²) in [5.41, 5.74) is 0.531. The van der Waals surface area contributed by atoms with Crippen molar-refractivity contribution in [3.63, 3.8) is 0 Å². The second-order valence-corrected chi connectivity index (χ2v) is 10.9. The van der Waals surface area contributed by atoms with E-state index in [-0.39, 0.29) is 29.4 Å². The Hall–Kier alpha value is -0.960. The molecule has 2 aromatic heterocycles. The van der Waals surface area contributed by atoms with Crippen LogP contribution in [0, 0.1) is 0 Å². The lowest BCUT2D eigenvalue weighted by Crippen LogP contribution is -2.37. The van der Waals surface area contributed by atoms with Crippen LogP contribution in [0.5, 0.6) is 0 Å². The van der Waals surface area contributed by atoms with Gasteiger partial charge in [0, 0.05) is 23.7 Å². The predicted molar refractivity (Wildman–Crippen MR) is 122 cm³/mol.